The minimum absolute atomic E-state index is 0.153. The second-order valence-electron chi connectivity index (χ2n) is 4.29. The molecule has 2 rings (SSSR count). The van der Waals surface area contributed by atoms with Crippen molar-refractivity contribution < 1.29 is 13.2 Å². The average Bonchev–Trinajstić information content (AvgIpc) is 2.38. The molecule has 20 heavy (non-hydrogen) atoms. The zero-order chi connectivity index (χ0) is 14.7. The van der Waals surface area contributed by atoms with Crippen LogP contribution in [0.4, 0.5) is 13.2 Å². The Morgan fingerprint density at radius 2 is 1.70 bits per heavy atom. The van der Waals surface area contributed by atoms with Crippen LogP contribution in [0.2, 0.25) is 5.02 Å². The Balaban J connectivity index is 2.56. The standard InChI is InChI=1S/C15H13ClF3N/c1-2-20-15(10-7-6-9(16)8-13(10)19)14-11(17)4-3-5-12(14)18/h3-8,15,20H,2H2,1H3. The molecule has 0 aliphatic carbocycles. The molecule has 2 aromatic rings. The average molecular weight is 300 g/mol. The third-order valence-electron chi connectivity index (χ3n) is 2.97. The summed E-state index contributed by atoms with van der Waals surface area (Å²) in [6.45, 7) is 2.21. The van der Waals surface area contributed by atoms with Crippen molar-refractivity contribution in [1.82, 2.24) is 5.32 Å². The van der Waals surface area contributed by atoms with Crippen molar-refractivity contribution in [2.24, 2.45) is 0 Å². The maximum atomic E-state index is 14.0. The summed E-state index contributed by atoms with van der Waals surface area (Å²) in [6.07, 6.45) is 0. The lowest BCUT2D eigenvalue weighted by Crippen LogP contribution is -2.25. The van der Waals surface area contributed by atoms with Crippen LogP contribution < -0.4 is 5.32 Å². The van der Waals surface area contributed by atoms with E-state index in [1.54, 1.807) is 6.92 Å². The first-order valence-electron chi connectivity index (χ1n) is 6.16. The summed E-state index contributed by atoms with van der Waals surface area (Å²) in [6, 6.07) is 6.71. The van der Waals surface area contributed by atoms with Crippen LogP contribution in [0.3, 0.4) is 0 Å². The first-order valence-corrected chi connectivity index (χ1v) is 6.54. The molecule has 0 aliphatic rings. The third-order valence-corrected chi connectivity index (χ3v) is 3.21. The van der Waals surface area contributed by atoms with Crippen LogP contribution in [0, 0.1) is 17.5 Å². The second-order valence-corrected chi connectivity index (χ2v) is 4.73. The molecule has 0 radical (unpaired) electrons. The quantitative estimate of drug-likeness (QED) is 0.879. The van der Waals surface area contributed by atoms with Crippen LogP contribution in [-0.4, -0.2) is 6.54 Å². The lowest BCUT2D eigenvalue weighted by atomic mass is 9.97. The highest BCUT2D eigenvalue weighted by molar-refractivity contribution is 6.30. The van der Waals surface area contributed by atoms with Crippen LogP contribution in [0.15, 0.2) is 36.4 Å². The Hall–Kier alpha value is -1.52. The van der Waals surface area contributed by atoms with Gasteiger partial charge < -0.3 is 5.32 Å². The molecular weight excluding hydrogens is 287 g/mol. The van der Waals surface area contributed by atoms with Gasteiger partial charge in [0.2, 0.25) is 0 Å². The minimum atomic E-state index is -0.904. The first kappa shape index (κ1) is 14.9. The van der Waals surface area contributed by atoms with Gasteiger partial charge in [0, 0.05) is 16.1 Å². The summed E-state index contributed by atoms with van der Waals surface area (Å²) in [4.78, 5) is 0. The monoisotopic (exact) mass is 299 g/mol. The maximum absolute atomic E-state index is 14.0. The van der Waals surface area contributed by atoms with Gasteiger partial charge in [-0.1, -0.05) is 30.7 Å². The van der Waals surface area contributed by atoms with E-state index in [2.05, 4.69) is 5.32 Å². The lowest BCUT2D eigenvalue weighted by molar-refractivity contribution is 0.495. The van der Waals surface area contributed by atoms with E-state index in [0.717, 1.165) is 18.2 Å². The summed E-state index contributed by atoms with van der Waals surface area (Å²) in [7, 11) is 0. The lowest BCUT2D eigenvalue weighted by Gasteiger charge is -2.20. The van der Waals surface area contributed by atoms with Crippen molar-refractivity contribution >= 4 is 11.6 Å². The first-order chi connectivity index (χ1) is 9.54. The minimum Gasteiger partial charge on any atom is -0.306 e. The number of halogens is 4. The summed E-state index contributed by atoms with van der Waals surface area (Å²) < 4.78 is 41.8. The molecule has 0 aliphatic heterocycles. The van der Waals surface area contributed by atoms with E-state index in [1.165, 1.54) is 18.2 Å². The van der Waals surface area contributed by atoms with Gasteiger partial charge in [-0.25, -0.2) is 13.2 Å². The molecule has 5 heteroatoms. The summed E-state index contributed by atoms with van der Waals surface area (Å²) in [5.41, 5.74) is -0.0455. The number of benzene rings is 2. The smallest absolute Gasteiger partial charge is 0.131 e. The van der Waals surface area contributed by atoms with Crippen molar-refractivity contribution in [3.63, 3.8) is 0 Å². The molecule has 2 aromatic carbocycles. The molecule has 0 aromatic heterocycles. The van der Waals surface area contributed by atoms with Crippen LogP contribution >= 0.6 is 11.6 Å². The van der Waals surface area contributed by atoms with Crippen LogP contribution in [0.5, 0.6) is 0 Å². The van der Waals surface area contributed by atoms with E-state index in [4.69, 9.17) is 11.6 Å². The molecule has 0 saturated heterocycles. The van der Waals surface area contributed by atoms with Crippen molar-refractivity contribution in [1.29, 1.82) is 0 Å². The van der Waals surface area contributed by atoms with Crippen molar-refractivity contribution in [2.45, 2.75) is 13.0 Å². The molecule has 0 bridgehead atoms. The topological polar surface area (TPSA) is 12.0 Å². The highest BCUT2D eigenvalue weighted by Crippen LogP contribution is 2.29. The Bertz CT molecular complexity index is 596. The fraction of sp³-hybridized carbons (Fsp3) is 0.200. The zero-order valence-electron chi connectivity index (χ0n) is 10.8. The third kappa shape index (κ3) is 2.97. The fourth-order valence-corrected chi connectivity index (χ4v) is 2.25. The van der Waals surface area contributed by atoms with Gasteiger partial charge in [-0.15, -0.1) is 0 Å². The predicted molar refractivity (Wildman–Crippen MR) is 73.3 cm³/mol. The molecule has 1 unspecified atom stereocenters. The number of rotatable bonds is 4. The van der Waals surface area contributed by atoms with Crippen molar-refractivity contribution in [3.05, 3.63) is 70.0 Å². The predicted octanol–water partition coefficient (Wildman–Crippen LogP) is 4.46. The second kappa shape index (κ2) is 6.29. The van der Waals surface area contributed by atoms with Crippen molar-refractivity contribution in [3.8, 4) is 0 Å². The van der Waals surface area contributed by atoms with E-state index < -0.39 is 23.5 Å². The molecule has 0 spiro atoms. The molecule has 1 nitrogen and oxygen atoms in total. The highest BCUT2D eigenvalue weighted by Gasteiger charge is 2.23. The van der Waals surface area contributed by atoms with Gasteiger partial charge in [-0.2, -0.15) is 0 Å². The highest BCUT2D eigenvalue weighted by atomic mass is 35.5. The molecule has 106 valence electrons. The number of hydrogen-bond acceptors (Lipinski definition) is 1. The molecule has 0 heterocycles. The van der Waals surface area contributed by atoms with Gasteiger partial charge >= 0.3 is 0 Å². The van der Waals surface area contributed by atoms with Gasteiger partial charge in [0.1, 0.15) is 17.5 Å². The molecule has 0 saturated carbocycles. The summed E-state index contributed by atoms with van der Waals surface area (Å²) >= 11 is 5.70. The van der Waals surface area contributed by atoms with Gasteiger partial charge in [-0.3, -0.25) is 0 Å². The molecular formula is C15H13ClF3N. The van der Waals surface area contributed by atoms with Crippen LogP contribution in [0.25, 0.3) is 0 Å². The fourth-order valence-electron chi connectivity index (χ4n) is 2.09. The Morgan fingerprint density at radius 3 is 2.25 bits per heavy atom. The van der Waals surface area contributed by atoms with E-state index in [1.807, 2.05) is 0 Å². The molecule has 0 amide bonds. The largest absolute Gasteiger partial charge is 0.306 e. The van der Waals surface area contributed by atoms with Gasteiger partial charge in [-0.05, 0) is 30.8 Å². The van der Waals surface area contributed by atoms with Gasteiger partial charge in [0.15, 0.2) is 0 Å². The normalized spacial score (nSPS) is 12.4. The van der Waals surface area contributed by atoms with Crippen LogP contribution in [0.1, 0.15) is 24.1 Å². The molecule has 1 atom stereocenters. The molecule has 1 N–H and O–H groups in total. The van der Waals surface area contributed by atoms with Gasteiger partial charge in [0.25, 0.3) is 0 Å². The van der Waals surface area contributed by atoms with E-state index in [9.17, 15) is 13.2 Å². The Labute approximate surface area is 120 Å². The summed E-state index contributed by atoms with van der Waals surface area (Å²) in [5, 5.41) is 3.13. The number of hydrogen-bond donors (Lipinski definition) is 1. The van der Waals surface area contributed by atoms with Crippen LogP contribution in [-0.2, 0) is 0 Å². The SMILES string of the molecule is CCNC(c1ccc(Cl)cc1F)c1c(F)cccc1F. The summed E-state index contributed by atoms with van der Waals surface area (Å²) in [5.74, 6) is -2.04. The van der Waals surface area contributed by atoms with Gasteiger partial charge in [0.05, 0.1) is 6.04 Å². The zero-order valence-corrected chi connectivity index (χ0v) is 11.5. The number of nitrogens with one attached hydrogen (secondary N) is 1. The Kier molecular flexibility index (Phi) is 4.68. The Morgan fingerprint density at radius 1 is 1.05 bits per heavy atom. The molecule has 0 fully saturated rings. The van der Waals surface area contributed by atoms with Crippen molar-refractivity contribution in [2.75, 3.05) is 6.54 Å². The van der Waals surface area contributed by atoms with E-state index in [0.29, 0.717) is 6.54 Å². The maximum Gasteiger partial charge on any atom is 0.131 e. The van der Waals surface area contributed by atoms with E-state index in [-0.39, 0.29) is 16.1 Å². The van der Waals surface area contributed by atoms with E-state index >= 15 is 0 Å².